The van der Waals surface area contributed by atoms with Crippen molar-refractivity contribution in [3.63, 3.8) is 0 Å². The first-order valence-electron chi connectivity index (χ1n) is 15.8. The van der Waals surface area contributed by atoms with E-state index in [0.717, 1.165) is 51.4 Å². The van der Waals surface area contributed by atoms with Crippen LogP contribution in [-0.2, 0) is 23.9 Å². The van der Waals surface area contributed by atoms with Crippen LogP contribution in [0.1, 0.15) is 137 Å². The lowest BCUT2D eigenvalue weighted by Gasteiger charge is -2.24. The molecule has 0 spiro atoms. The van der Waals surface area contributed by atoms with E-state index >= 15 is 0 Å². The first-order valence-corrected chi connectivity index (χ1v) is 15.8. The number of esters is 2. The van der Waals surface area contributed by atoms with Crippen LogP contribution >= 0.6 is 0 Å². The molecule has 0 aromatic rings. The fourth-order valence-corrected chi connectivity index (χ4v) is 4.71. The average Bonchev–Trinajstić information content (AvgIpc) is 2.90. The highest BCUT2D eigenvalue weighted by atomic mass is 16.5. The van der Waals surface area contributed by atoms with E-state index in [1.54, 1.807) is 11.8 Å². The fraction of sp³-hybridized carbons (Fsp3) is 0.903. The number of quaternary nitrogens is 1. The summed E-state index contributed by atoms with van der Waals surface area (Å²) in [5, 5.41) is 0. The standard InChI is InChI=1S/C31H60N2O5/c1-6-10-12-14-16-18-20-27(8-3)30(35)37-24-22-33(29(34)26(5)32)23-25-38-31(36)28(9-4)21-19-17-15-13-11-7-2/h26-28H,6-25,32H2,1-5H3/p+1. The van der Waals surface area contributed by atoms with E-state index in [1.807, 2.05) is 13.8 Å². The summed E-state index contributed by atoms with van der Waals surface area (Å²) >= 11 is 0. The number of ether oxygens (including phenoxy) is 2. The third-order valence-electron chi connectivity index (χ3n) is 7.41. The largest absolute Gasteiger partial charge is 0.464 e. The summed E-state index contributed by atoms with van der Waals surface area (Å²) in [4.78, 5) is 39.4. The molecule has 7 nitrogen and oxygen atoms in total. The monoisotopic (exact) mass is 541 g/mol. The van der Waals surface area contributed by atoms with Crippen LogP contribution in [0.25, 0.3) is 0 Å². The van der Waals surface area contributed by atoms with Crippen molar-refractivity contribution in [3.8, 4) is 0 Å². The molecule has 0 heterocycles. The molecule has 1 amide bonds. The molecule has 3 N–H and O–H groups in total. The molecule has 7 heteroatoms. The zero-order chi connectivity index (χ0) is 28.6. The minimum atomic E-state index is -0.423. The second kappa shape index (κ2) is 24.4. The molecule has 3 atom stereocenters. The Hall–Kier alpha value is -1.63. The van der Waals surface area contributed by atoms with Crippen LogP contribution in [0, 0.1) is 11.8 Å². The van der Waals surface area contributed by atoms with Crippen LogP contribution in [0.5, 0.6) is 0 Å². The maximum Gasteiger partial charge on any atom is 0.308 e. The van der Waals surface area contributed by atoms with Crippen molar-refractivity contribution >= 4 is 17.8 Å². The van der Waals surface area contributed by atoms with Crippen LogP contribution < -0.4 is 5.73 Å². The van der Waals surface area contributed by atoms with Gasteiger partial charge in [-0.15, -0.1) is 0 Å². The Labute approximate surface area is 233 Å². The Kier molecular flexibility index (Phi) is 23.4. The van der Waals surface area contributed by atoms with Gasteiger partial charge in [0.25, 0.3) is 5.91 Å². The number of hydrogen-bond donors (Lipinski definition) is 1. The highest BCUT2D eigenvalue weighted by Gasteiger charge is 2.23. The number of amides is 1. The number of carbonyl (C=O) groups is 3. The first-order chi connectivity index (χ1) is 18.3. The van der Waals surface area contributed by atoms with Crippen LogP contribution in [0.4, 0.5) is 0 Å². The first kappa shape index (κ1) is 36.4. The van der Waals surface area contributed by atoms with Gasteiger partial charge in [-0.1, -0.05) is 105 Å². The lowest BCUT2D eigenvalue weighted by atomic mass is 9.98. The second-order valence-electron chi connectivity index (χ2n) is 10.9. The molecule has 3 unspecified atom stereocenters. The molecule has 38 heavy (non-hydrogen) atoms. The fourth-order valence-electron chi connectivity index (χ4n) is 4.71. The summed E-state index contributed by atoms with van der Waals surface area (Å²) in [6, 6.07) is -0.423. The molecule has 0 aliphatic carbocycles. The summed E-state index contributed by atoms with van der Waals surface area (Å²) in [6.07, 6.45) is 17.6. The van der Waals surface area contributed by atoms with E-state index in [2.05, 4.69) is 19.6 Å². The van der Waals surface area contributed by atoms with Crippen molar-refractivity contribution in [1.29, 1.82) is 0 Å². The van der Waals surface area contributed by atoms with E-state index < -0.39 is 6.04 Å². The zero-order valence-corrected chi connectivity index (χ0v) is 25.6. The Morgan fingerprint density at radius 3 is 1.34 bits per heavy atom. The van der Waals surface area contributed by atoms with Crippen LogP contribution in [0.2, 0.25) is 0 Å². The molecular formula is C31H61N2O5+. The van der Waals surface area contributed by atoms with E-state index in [4.69, 9.17) is 9.47 Å². The van der Waals surface area contributed by atoms with Gasteiger partial charge >= 0.3 is 11.9 Å². The van der Waals surface area contributed by atoms with Gasteiger partial charge in [0.15, 0.2) is 6.04 Å². The van der Waals surface area contributed by atoms with Gasteiger partial charge < -0.3 is 20.1 Å². The maximum absolute atomic E-state index is 12.7. The number of rotatable bonds is 25. The van der Waals surface area contributed by atoms with Gasteiger partial charge in [0.1, 0.15) is 13.2 Å². The molecule has 0 saturated carbocycles. The van der Waals surface area contributed by atoms with Crippen LogP contribution in [0.3, 0.4) is 0 Å². The highest BCUT2D eigenvalue weighted by Crippen LogP contribution is 2.18. The Balaban J connectivity index is 4.50. The van der Waals surface area contributed by atoms with E-state index in [9.17, 15) is 14.4 Å². The highest BCUT2D eigenvalue weighted by molar-refractivity contribution is 5.80. The topological polar surface area (TPSA) is 101 Å². The molecule has 0 radical (unpaired) electrons. The predicted molar refractivity (Wildman–Crippen MR) is 154 cm³/mol. The van der Waals surface area contributed by atoms with Gasteiger partial charge in [-0.25, -0.2) is 0 Å². The van der Waals surface area contributed by atoms with Gasteiger partial charge in [0, 0.05) is 0 Å². The van der Waals surface area contributed by atoms with Crippen molar-refractivity contribution in [2.45, 2.75) is 143 Å². The van der Waals surface area contributed by atoms with Crippen molar-refractivity contribution < 1.29 is 29.6 Å². The van der Waals surface area contributed by atoms with Crippen molar-refractivity contribution in [2.75, 3.05) is 26.3 Å². The molecule has 224 valence electrons. The summed E-state index contributed by atoms with van der Waals surface area (Å²) in [7, 11) is 0. The Bertz CT molecular complexity index is 569. The molecular weight excluding hydrogens is 480 g/mol. The van der Waals surface area contributed by atoms with Crippen LogP contribution in [-0.4, -0.2) is 55.1 Å². The van der Waals surface area contributed by atoms with E-state index in [0.29, 0.717) is 0 Å². The molecule has 0 fully saturated rings. The van der Waals surface area contributed by atoms with Crippen molar-refractivity contribution in [1.82, 2.24) is 4.90 Å². The second-order valence-corrected chi connectivity index (χ2v) is 10.9. The van der Waals surface area contributed by atoms with Gasteiger partial charge in [-0.05, 0) is 32.6 Å². The third kappa shape index (κ3) is 17.8. The lowest BCUT2D eigenvalue weighted by Crippen LogP contribution is -2.66. The van der Waals surface area contributed by atoms with Crippen molar-refractivity contribution in [3.05, 3.63) is 0 Å². The quantitative estimate of drug-likeness (QED) is 0.111. The number of hydrogen-bond acceptors (Lipinski definition) is 5. The van der Waals surface area contributed by atoms with E-state index in [1.165, 1.54) is 51.4 Å². The van der Waals surface area contributed by atoms with Gasteiger partial charge in [0.05, 0.1) is 24.9 Å². The van der Waals surface area contributed by atoms with Gasteiger partial charge in [0.2, 0.25) is 0 Å². The van der Waals surface area contributed by atoms with E-state index in [-0.39, 0.29) is 56.0 Å². The molecule has 0 bridgehead atoms. The molecule has 0 aromatic carbocycles. The normalized spacial score (nSPS) is 13.5. The predicted octanol–water partition coefficient (Wildman–Crippen LogP) is 6.09. The molecule has 0 aliphatic heterocycles. The van der Waals surface area contributed by atoms with Crippen LogP contribution in [0.15, 0.2) is 0 Å². The summed E-state index contributed by atoms with van der Waals surface area (Å²) in [5.41, 5.74) is 3.84. The zero-order valence-electron chi connectivity index (χ0n) is 25.6. The number of nitrogens with zero attached hydrogens (tertiary/aromatic N) is 1. The molecule has 0 saturated heterocycles. The van der Waals surface area contributed by atoms with Gasteiger partial charge in [-0.2, -0.15) is 0 Å². The molecule has 0 rings (SSSR count). The third-order valence-corrected chi connectivity index (χ3v) is 7.41. The number of unbranched alkanes of at least 4 members (excludes halogenated alkanes) is 10. The lowest BCUT2D eigenvalue weighted by molar-refractivity contribution is -0.400. The number of carbonyl (C=O) groups excluding carboxylic acids is 3. The maximum atomic E-state index is 12.7. The Morgan fingerprint density at radius 2 is 1.00 bits per heavy atom. The summed E-state index contributed by atoms with van der Waals surface area (Å²) < 4.78 is 11.1. The van der Waals surface area contributed by atoms with Gasteiger partial charge in [-0.3, -0.25) is 14.4 Å². The molecule has 0 aromatic heterocycles. The Morgan fingerprint density at radius 1 is 0.632 bits per heavy atom. The minimum Gasteiger partial charge on any atom is -0.464 e. The summed E-state index contributed by atoms with van der Waals surface area (Å²) in [5.74, 6) is -0.659. The SMILES string of the molecule is CCCCCCCCC(CC)C(=O)OCCN(CCOC(=O)C(CC)CCCCCCCC)C(=O)C(C)[NH3+]. The smallest absolute Gasteiger partial charge is 0.308 e. The summed E-state index contributed by atoms with van der Waals surface area (Å²) in [6.45, 7) is 11.1. The minimum absolute atomic E-state index is 0.0873. The molecule has 0 aliphatic rings. The van der Waals surface area contributed by atoms with Crippen molar-refractivity contribution in [2.24, 2.45) is 11.8 Å². The average molecular weight is 542 g/mol.